The van der Waals surface area contributed by atoms with Crippen LogP contribution in [0.25, 0.3) is 0 Å². The Morgan fingerprint density at radius 1 is 0.478 bits per heavy atom. The highest BCUT2D eigenvalue weighted by Gasteiger charge is 2.97. The van der Waals surface area contributed by atoms with Gasteiger partial charge in [0.25, 0.3) is 0 Å². The van der Waals surface area contributed by atoms with Crippen LogP contribution in [0.2, 0.25) is 0 Å². The van der Waals surface area contributed by atoms with Crippen molar-refractivity contribution in [2.24, 2.45) is 0 Å². The summed E-state index contributed by atoms with van der Waals surface area (Å²) < 4.78 is 185. The van der Waals surface area contributed by atoms with E-state index in [4.69, 9.17) is 0 Å². The van der Waals surface area contributed by atoms with Crippen molar-refractivity contribution in [3.8, 4) is 0 Å². The zero-order valence-corrected chi connectivity index (χ0v) is 11.0. The molecule has 23 heavy (non-hydrogen) atoms. The van der Waals surface area contributed by atoms with Crippen LogP contribution in [0.15, 0.2) is 0 Å². The Balaban J connectivity index is 6.37. The maximum atomic E-state index is 13.3. The molecule has 0 N–H and O–H groups in total. The van der Waals surface area contributed by atoms with E-state index in [0.717, 1.165) is 0 Å². The summed E-state index contributed by atoms with van der Waals surface area (Å²) in [5.74, 6) is -15.2. The Hall–Kier alpha value is -0.620. The second-order valence-corrected chi connectivity index (χ2v) is 7.04. The predicted molar refractivity (Wildman–Crippen MR) is 45.9 cm³/mol. The molecule has 0 spiro atoms. The predicted octanol–water partition coefficient (Wildman–Crippen LogP) is 6.10. The molecule has 0 saturated heterocycles. The summed E-state index contributed by atoms with van der Waals surface area (Å²) in [6.07, 6.45) is -14.8. The minimum absolute atomic E-state index is 1.51. The fraction of sp³-hybridized carbons (Fsp3) is 1.00. The fourth-order valence-electron chi connectivity index (χ4n) is 1.04. The average Bonchev–Trinajstić information content (AvgIpc) is 2.24. The number of hydrogen-bond donors (Lipinski definition) is 0. The molecule has 0 unspecified atom stereocenters. The Kier molecular flexibility index (Phi) is 5.05. The van der Waals surface area contributed by atoms with E-state index in [9.17, 15) is 65.7 Å². The molecule has 0 aromatic heterocycles. The summed E-state index contributed by atoms with van der Waals surface area (Å²) in [6.45, 7) is -1.51. The maximum Gasteiger partial charge on any atom is 0.464 e. The molecule has 0 aliphatic heterocycles. The first-order chi connectivity index (χ1) is 9.50. The second kappa shape index (κ2) is 5.19. The molecular formula is C7H3F15P+. The molecule has 0 fully saturated rings. The molecule has 0 saturated carbocycles. The van der Waals surface area contributed by atoms with E-state index in [0.29, 0.717) is 0 Å². The Morgan fingerprint density at radius 2 is 0.652 bits per heavy atom. The molecule has 0 bridgehead atoms. The number of hydrogen-bond acceptors (Lipinski definition) is 0. The van der Waals surface area contributed by atoms with Crippen molar-refractivity contribution in [3.05, 3.63) is 0 Å². The van der Waals surface area contributed by atoms with Crippen LogP contribution < -0.4 is 0 Å². The van der Waals surface area contributed by atoms with Gasteiger partial charge < -0.3 is 0 Å². The van der Waals surface area contributed by atoms with Crippen LogP contribution in [0.1, 0.15) is 0 Å². The average molecular weight is 403 g/mol. The fourth-order valence-corrected chi connectivity index (χ4v) is 2.71. The normalized spacial score (nSPS) is 16.7. The molecule has 0 aliphatic carbocycles. The highest BCUT2D eigenvalue weighted by atomic mass is 31.2. The van der Waals surface area contributed by atoms with E-state index in [1.807, 2.05) is 0 Å². The van der Waals surface area contributed by atoms with Crippen molar-refractivity contribution < 1.29 is 65.7 Å². The van der Waals surface area contributed by atoms with Gasteiger partial charge in [0, 0.05) is 0 Å². The number of halogens is 15. The molecule has 0 aromatic rings. The zero-order valence-electron chi connectivity index (χ0n) is 10.1. The van der Waals surface area contributed by atoms with Crippen molar-refractivity contribution in [1.29, 1.82) is 0 Å². The van der Waals surface area contributed by atoms with Gasteiger partial charge in [0.1, 0.15) is 0 Å². The lowest BCUT2D eigenvalue weighted by Gasteiger charge is -2.35. The van der Waals surface area contributed by atoms with E-state index < -0.39 is 49.8 Å². The summed E-state index contributed by atoms with van der Waals surface area (Å²) in [7, 11) is -8.39. The minimum Gasteiger partial charge on any atom is -0.185 e. The highest BCUT2D eigenvalue weighted by Crippen LogP contribution is 2.85. The van der Waals surface area contributed by atoms with E-state index in [2.05, 4.69) is 0 Å². The van der Waals surface area contributed by atoms with Crippen LogP contribution in [0, 0.1) is 0 Å². The summed E-state index contributed by atoms with van der Waals surface area (Å²) in [5.41, 5.74) is -15.1. The highest BCUT2D eigenvalue weighted by molar-refractivity contribution is 7.72. The van der Waals surface area contributed by atoms with Gasteiger partial charge in [0.05, 0.1) is 6.66 Å². The molecular weight excluding hydrogens is 400 g/mol. The molecule has 0 amide bonds. The van der Waals surface area contributed by atoms with Crippen LogP contribution in [-0.2, 0) is 0 Å². The minimum atomic E-state index is -8.39. The zero-order chi connectivity index (χ0) is 19.5. The van der Waals surface area contributed by atoms with Gasteiger partial charge in [0.2, 0.25) is 0 Å². The first-order valence-electron chi connectivity index (χ1n) is 4.71. The molecule has 0 aromatic carbocycles. The topological polar surface area (TPSA) is 0 Å². The molecule has 0 rings (SSSR count). The number of rotatable bonds is 4. The van der Waals surface area contributed by atoms with Crippen LogP contribution in [-0.4, -0.2) is 42.2 Å². The van der Waals surface area contributed by atoms with E-state index in [-0.39, 0.29) is 0 Å². The molecule has 0 nitrogen and oxygen atoms in total. The maximum absolute atomic E-state index is 13.3. The lowest BCUT2D eigenvalue weighted by molar-refractivity contribution is -0.346. The standard InChI is InChI=1S/C7H3F15P/c1-23(22,6(18,19)2(8,9)4(12,13)14)7(20,21)3(10,11)5(15,16)17/h1H3/q+1. The van der Waals surface area contributed by atoms with Gasteiger partial charge in [-0.05, 0) is 0 Å². The molecule has 0 heterocycles. The van der Waals surface area contributed by atoms with Crippen LogP contribution in [0.4, 0.5) is 65.7 Å². The first-order valence-corrected chi connectivity index (χ1v) is 6.84. The monoisotopic (exact) mass is 403 g/mol. The molecule has 16 heteroatoms. The van der Waals surface area contributed by atoms with Crippen molar-refractivity contribution in [1.82, 2.24) is 0 Å². The van der Waals surface area contributed by atoms with Crippen LogP contribution in [0.5, 0.6) is 0 Å². The van der Waals surface area contributed by atoms with Gasteiger partial charge >= 0.3 is 43.1 Å². The third-order valence-electron chi connectivity index (χ3n) is 2.52. The van der Waals surface area contributed by atoms with E-state index >= 15 is 0 Å². The quantitative estimate of drug-likeness (QED) is 0.393. The Bertz CT molecular complexity index is 400. The van der Waals surface area contributed by atoms with Gasteiger partial charge in [-0.3, -0.25) is 0 Å². The molecule has 140 valence electrons. The molecule has 0 aliphatic rings. The summed E-state index contributed by atoms with van der Waals surface area (Å²) >= 11 is 0. The number of alkyl halides is 14. The smallest absolute Gasteiger partial charge is 0.185 e. The lowest BCUT2D eigenvalue weighted by atomic mass is 10.3. The van der Waals surface area contributed by atoms with Crippen molar-refractivity contribution in [2.45, 2.75) is 35.5 Å². The van der Waals surface area contributed by atoms with Crippen LogP contribution >= 0.6 is 7.57 Å². The van der Waals surface area contributed by atoms with Gasteiger partial charge in [-0.25, -0.2) is 0 Å². The first kappa shape index (κ1) is 22.4. The van der Waals surface area contributed by atoms with Crippen molar-refractivity contribution in [3.63, 3.8) is 0 Å². The van der Waals surface area contributed by atoms with Crippen LogP contribution in [0.3, 0.4) is 0 Å². The largest absolute Gasteiger partial charge is 0.464 e. The molecule has 0 radical (unpaired) electrons. The lowest BCUT2D eigenvalue weighted by Crippen LogP contribution is -2.59. The SMILES string of the molecule is C[P+](F)(C(F)(F)C(F)(F)C(F)(F)F)C(F)(F)C(F)(F)C(F)(F)F. The van der Waals surface area contributed by atoms with Gasteiger partial charge in [-0.2, -0.15) is 61.5 Å². The van der Waals surface area contributed by atoms with Crippen molar-refractivity contribution >= 4 is 7.57 Å². The molecule has 0 atom stereocenters. The third kappa shape index (κ3) is 2.82. The Labute approximate surface area is 117 Å². The summed E-state index contributed by atoms with van der Waals surface area (Å²) in [6, 6.07) is 0. The van der Waals surface area contributed by atoms with Gasteiger partial charge in [-0.15, -0.1) is 0 Å². The summed E-state index contributed by atoms with van der Waals surface area (Å²) in [4.78, 5) is 0. The van der Waals surface area contributed by atoms with Gasteiger partial charge in [0.15, 0.2) is 0 Å². The van der Waals surface area contributed by atoms with E-state index in [1.54, 1.807) is 0 Å². The van der Waals surface area contributed by atoms with Gasteiger partial charge in [-0.1, -0.05) is 4.20 Å². The third-order valence-corrected chi connectivity index (χ3v) is 5.19. The summed E-state index contributed by atoms with van der Waals surface area (Å²) in [5, 5.41) is 0. The van der Waals surface area contributed by atoms with Crippen molar-refractivity contribution in [2.75, 3.05) is 6.66 Å². The second-order valence-electron chi connectivity index (χ2n) is 4.12. The Morgan fingerprint density at radius 3 is 0.783 bits per heavy atom. The van der Waals surface area contributed by atoms with E-state index in [1.165, 1.54) is 0 Å².